The summed E-state index contributed by atoms with van der Waals surface area (Å²) >= 11 is 0. The van der Waals surface area contributed by atoms with Gasteiger partial charge < -0.3 is 15.7 Å². The van der Waals surface area contributed by atoms with E-state index in [1.54, 1.807) is 12.1 Å². The van der Waals surface area contributed by atoms with Gasteiger partial charge in [0.25, 0.3) is 5.91 Å². The zero-order valence-electron chi connectivity index (χ0n) is 17.9. The van der Waals surface area contributed by atoms with Gasteiger partial charge in [-0.15, -0.1) is 0 Å². The molecule has 1 amide bonds. The molecule has 2 aromatic rings. The van der Waals surface area contributed by atoms with Gasteiger partial charge in [0.05, 0.1) is 0 Å². The van der Waals surface area contributed by atoms with Crippen LogP contribution >= 0.6 is 0 Å². The van der Waals surface area contributed by atoms with E-state index in [1.807, 2.05) is 30.3 Å². The number of hydrogen-bond acceptors (Lipinski definition) is 4. The minimum atomic E-state index is -0.318. The van der Waals surface area contributed by atoms with Crippen LogP contribution in [-0.2, 0) is 4.79 Å². The third-order valence-electron chi connectivity index (χ3n) is 7.99. The molecule has 0 saturated heterocycles. The van der Waals surface area contributed by atoms with E-state index in [1.165, 1.54) is 44.7 Å². The predicted octanol–water partition coefficient (Wildman–Crippen LogP) is 5.09. The first-order valence-corrected chi connectivity index (χ1v) is 11.4. The number of anilines is 1. The maximum Gasteiger partial charge on any atom is 0.263 e. The lowest BCUT2D eigenvalue weighted by Crippen LogP contribution is -2.56. The number of hydrogen-bond donors (Lipinski definition) is 3. The normalized spacial score (nSPS) is 30.1. The number of amides is 1. The summed E-state index contributed by atoms with van der Waals surface area (Å²) in [5.74, 6) is 2.34. The highest BCUT2D eigenvalue weighted by Crippen LogP contribution is 2.61. The monoisotopic (exact) mass is 415 g/mol. The number of phenolic OH excluding ortho intramolecular Hbond substituents is 1. The predicted molar refractivity (Wildman–Crippen MR) is 121 cm³/mol. The smallest absolute Gasteiger partial charge is 0.263 e. The van der Waals surface area contributed by atoms with E-state index in [-0.39, 0.29) is 28.7 Å². The van der Waals surface area contributed by atoms with Crippen LogP contribution in [0.1, 0.15) is 45.4 Å². The molecule has 5 nitrogen and oxygen atoms in total. The minimum absolute atomic E-state index is 0.0636. The van der Waals surface area contributed by atoms with Crippen molar-refractivity contribution in [1.82, 2.24) is 5.32 Å². The van der Waals surface area contributed by atoms with Crippen LogP contribution in [0.4, 0.5) is 5.69 Å². The molecule has 0 spiro atoms. The highest BCUT2D eigenvalue weighted by atomic mass is 16.3. The Morgan fingerprint density at radius 1 is 1.10 bits per heavy atom. The van der Waals surface area contributed by atoms with Crippen molar-refractivity contribution in [1.29, 1.82) is 5.26 Å². The van der Waals surface area contributed by atoms with E-state index in [0.717, 1.165) is 34.2 Å². The van der Waals surface area contributed by atoms with Gasteiger partial charge in [-0.05, 0) is 80.8 Å². The zero-order valence-corrected chi connectivity index (χ0v) is 17.9. The van der Waals surface area contributed by atoms with Crippen molar-refractivity contribution in [2.75, 3.05) is 5.32 Å². The van der Waals surface area contributed by atoms with Crippen molar-refractivity contribution in [2.45, 2.75) is 51.5 Å². The molecule has 4 aliphatic carbocycles. The number of benzene rings is 2. The van der Waals surface area contributed by atoms with Crippen molar-refractivity contribution in [3.05, 3.63) is 48.2 Å². The number of fused-ring (bicyclic) bond motifs is 1. The third-order valence-corrected chi connectivity index (χ3v) is 7.99. The van der Waals surface area contributed by atoms with Crippen LogP contribution < -0.4 is 10.6 Å². The van der Waals surface area contributed by atoms with E-state index in [9.17, 15) is 15.2 Å². The SMILES string of the molecule is CC(NC(=O)/C(C#N)=C\Nc1cccc2c(O)cccc12)C12CC3CC(CC(C3)C1)C2. The molecule has 0 aliphatic heterocycles. The molecule has 31 heavy (non-hydrogen) atoms. The first-order valence-electron chi connectivity index (χ1n) is 11.4. The van der Waals surface area contributed by atoms with Crippen molar-refractivity contribution >= 4 is 22.4 Å². The molecule has 0 radical (unpaired) electrons. The highest BCUT2D eigenvalue weighted by Gasteiger charge is 2.53. The standard InChI is InChI=1S/C26H29N3O2/c1-16(26-11-17-8-18(12-26)10-19(9-17)13-26)29-25(31)20(14-27)15-28-23-6-2-5-22-21(23)4-3-7-24(22)30/h2-7,15-19,28,30H,8-13H2,1H3,(H,29,31)/b20-15-. The van der Waals surface area contributed by atoms with E-state index >= 15 is 0 Å². The Morgan fingerprint density at radius 2 is 1.71 bits per heavy atom. The molecule has 3 N–H and O–H groups in total. The number of carbonyl (C=O) groups excluding carboxylic acids is 1. The fourth-order valence-corrected chi connectivity index (χ4v) is 6.85. The molecule has 5 heteroatoms. The molecule has 6 rings (SSSR count). The number of aromatic hydroxyl groups is 1. The summed E-state index contributed by atoms with van der Waals surface area (Å²) in [4.78, 5) is 12.9. The lowest BCUT2D eigenvalue weighted by Gasteiger charge is -2.59. The van der Waals surface area contributed by atoms with E-state index in [0.29, 0.717) is 0 Å². The second-order valence-corrected chi connectivity index (χ2v) is 9.97. The molecule has 1 atom stereocenters. The zero-order chi connectivity index (χ0) is 21.6. The van der Waals surface area contributed by atoms with E-state index in [4.69, 9.17) is 0 Å². The largest absolute Gasteiger partial charge is 0.507 e. The van der Waals surface area contributed by atoms with Crippen LogP contribution in [0.5, 0.6) is 5.75 Å². The Kier molecular flexibility index (Phi) is 4.89. The Hall–Kier alpha value is -3.00. The van der Waals surface area contributed by atoms with Crippen LogP contribution in [-0.4, -0.2) is 17.1 Å². The van der Waals surface area contributed by atoms with Crippen molar-refractivity contribution in [3.63, 3.8) is 0 Å². The van der Waals surface area contributed by atoms with Gasteiger partial charge in [0, 0.05) is 28.7 Å². The molecular formula is C26H29N3O2. The van der Waals surface area contributed by atoms with Crippen LogP contribution in [0.25, 0.3) is 10.8 Å². The molecule has 2 aromatic carbocycles. The molecule has 4 aliphatic rings. The number of nitrogens with one attached hydrogen (secondary N) is 2. The topological polar surface area (TPSA) is 85.2 Å². The Bertz CT molecular complexity index is 1060. The summed E-state index contributed by atoms with van der Waals surface area (Å²) in [5, 5.41) is 27.5. The van der Waals surface area contributed by atoms with Crippen molar-refractivity contribution in [2.24, 2.45) is 23.2 Å². The molecule has 0 aromatic heterocycles. The fourth-order valence-electron chi connectivity index (χ4n) is 6.85. The second-order valence-electron chi connectivity index (χ2n) is 9.97. The summed E-state index contributed by atoms with van der Waals surface area (Å²) in [6.07, 6.45) is 9.22. The fraction of sp³-hybridized carbons (Fsp3) is 0.462. The molecule has 4 bridgehead atoms. The van der Waals surface area contributed by atoms with Gasteiger partial charge in [-0.25, -0.2) is 0 Å². The van der Waals surface area contributed by atoms with Gasteiger partial charge >= 0.3 is 0 Å². The average Bonchev–Trinajstić information content (AvgIpc) is 2.74. The first-order chi connectivity index (χ1) is 15.0. The summed E-state index contributed by atoms with van der Waals surface area (Å²) in [5.41, 5.74) is 1.00. The Labute approximate surface area is 183 Å². The summed E-state index contributed by atoms with van der Waals surface area (Å²) in [6, 6.07) is 13.0. The Morgan fingerprint density at radius 3 is 2.35 bits per heavy atom. The molecule has 160 valence electrons. The summed E-state index contributed by atoms with van der Waals surface area (Å²) in [6.45, 7) is 2.13. The molecule has 4 saturated carbocycles. The maximum atomic E-state index is 12.9. The second kappa shape index (κ2) is 7.60. The van der Waals surface area contributed by atoms with Crippen LogP contribution in [0.15, 0.2) is 48.2 Å². The lowest BCUT2D eigenvalue weighted by molar-refractivity contribution is -0.122. The quantitative estimate of drug-likeness (QED) is 0.469. The number of phenols is 1. The Balaban J connectivity index is 1.31. The van der Waals surface area contributed by atoms with Crippen molar-refractivity contribution in [3.8, 4) is 11.8 Å². The number of nitriles is 1. The number of carbonyl (C=O) groups is 1. The lowest BCUT2D eigenvalue weighted by atomic mass is 9.48. The van der Waals surface area contributed by atoms with Gasteiger partial charge in [-0.1, -0.05) is 24.3 Å². The number of rotatable bonds is 5. The van der Waals surface area contributed by atoms with Crippen LogP contribution in [0.2, 0.25) is 0 Å². The molecule has 1 unspecified atom stereocenters. The summed E-state index contributed by atoms with van der Waals surface area (Å²) < 4.78 is 0. The van der Waals surface area contributed by atoms with Crippen molar-refractivity contribution < 1.29 is 9.90 Å². The third kappa shape index (κ3) is 3.54. The van der Waals surface area contributed by atoms with Crippen LogP contribution in [0.3, 0.4) is 0 Å². The van der Waals surface area contributed by atoms with Crippen LogP contribution in [0, 0.1) is 34.5 Å². The van der Waals surface area contributed by atoms with Gasteiger partial charge in [0.15, 0.2) is 0 Å². The maximum absolute atomic E-state index is 12.9. The summed E-state index contributed by atoms with van der Waals surface area (Å²) in [7, 11) is 0. The molecular weight excluding hydrogens is 386 g/mol. The van der Waals surface area contributed by atoms with Gasteiger partial charge in [0.1, 0.15) is 17.4 Å². The van der Waals surface area contributed by atoms with Gasteiger partial charge in [-0.2, -0.15) is 5.26 Å². The molecule has 0 heterocycles. The van der Waals surface area contributed by atoms with E-state index in [2.05, 4.69) is 17.6 Å². The van der Waals surface area contributed by atoms with E-state index < -0.39 is 0 Å². The minimum Gasteiger partial charge on any atom is -0.507 e. The highest BCUT2D eigenvalue weighted by molar-refractivity contribution is 6.00. The number of nitrogens with zero attached hydrogens (tertiary/aromatic N) is 1. The molecule has 4 fully saturated rings. The first kappa shape index (κ1) is 19.9. The average molecular weight is 416 g/mol. The van der Waals surface area contributed by atoms with Gasteiger partial charge in [-0.3, -0.25) is 4.79 Å². The van der Waals surface area contributed by atoms with Gasteiger partial charge in [0.2, 0.25) is 0 Å².